The van der Waals surface area contributed by atoms with Gasteiger partial charge in [0, 0.05) is 32.4 Å². The van der Waals surface area contributed by atoms with Crippen LogP contribution in [0.25, 0.3) is 0 Å². The van der Waals surface area contributed by atoms with Crippen molar-refractivity contribution >= 4 is 11.8 Å². The summed E-state index contributed by atoms with van der Waals surface area (Å²) in [5.74, 6) is 1.84. The lowest BCUT2D eigenvalue weighted by Crippen LogP contribution is -2.45. The van der Waals surface area contributed by atoms with Crippen molar-refractivity contribution in [3.63, 3.8) is 0 Å². The monoisotopic (exact) mass is 427 g/mol. The molecular formula is C23H33N5O3. The lowest BCUT2D eigenvalue weighted by Gasteiger charge is -2.36. The number of carbonyl (C=O) groups excluding carboxylic acids is 1. The SMILES string of the molecule is CC1CN(c2ccc(CNC(=O)NCC(c3ccco3)N3CCCC3)cn2)CC(C)O1. The second-order valence-electron chi connectivity index (χ2n) is 8.52. The first kappa shape index (κ1) is 21.6. The zero-order valence-electron chi connectivity index (χ0n) is 18.4. The predicted molar refractivity (Wildman–Crippen MR) is 119 cm³/mol. The van der Waals surface area contributed by atoms with Crippen LogP contribution in [0.1, 0.15) is 44.1 Å². The molecule has 0 bridgehead atoms. The molecule has 2 fully saturated rings. The van der Waals surface area contributed by atoms with E-state index in [1.165, 1.54) is 12.8 Å². The molecule has 2 aromatic heterocycles. The van der Waals surface area contributed by atoms with Gasteiger partial charge < -0.3 is 24.7 Å². The molecule has 0 aromatic carbocycles. The standard InChI is InChI=1S/C23H33N5O3/c1-17-15-28(16-18(2)31-17)22-8-7-19(12-24-22)13-25-23(29)26-14-20(21-6-5-11-30-21)27-9-3-4-10-27/h5-8,11-12,17-18,20H,3-4,9-10,13-16H2,1-2H3,(H2,25,26,29). The highest BCUT2D eigenvalue weighted by atomic mass is 16.5. The number of aromatic nitrogens is 1. The van der Waals surface area contributed by atoms with E-state index >= 15 is 0 Å². The van der Waals surface area contributed by atoms with E-state index in [-0.39, 0.29) is 24.3 Å². The first-order chi connectivity index (χ1) is 15.1. The van der Waals surface area contributed by atoms with Gasteiger partial charge in [-0.3, -0.25) is 4.90 Å². The number of nitrogens with zero attached hydrogens (tertiary/aromatic N) is 3. The summed E-state index contributed by atoms with van der Waals surface area (Å²) in [4.78, 5) is 21.6. The van der Waals surface area contributed by atoms with E-state index in [1.807, 2.05) is 30.5 Å². The van der Waals surface area contributed by atoms with Crippen molar-refractivity contribution in [3.05, 3.63) is 48.0 Å². The van der Waals surface area contributed by atoms with Gasteiger partial charge in [-0.2, -0.15) is 0 Å². The van der Waals surface area contributed by atoms with E-state index in [0.717, 1.165) is 43.3 Å². The Balaban J connectivity index is 1.25. The minimum Gasteiger partial charge on any atom is -0.468 e. The highest BCUT2D eigenvalue weighted by Crippen LogP contribution is 2.25. The van der Waals surface area contributed by atoms with Crippen molar-refractivity contribution in [3.8, 4) is 0 Å². The average Bonchev–Trinajstić information content (AvgIpc) is 3.47. The summed E-state index contributed by atoms with van der Waals surface area (Å²) in [5.41, 5.74) is 0.968. The number of amides is 2. The van der Waals surface area contributed by atoms with E-state index in [0.29, 0.717) is 13.1 Å². The maximum atomic E-state index is 12.4. The third-order valence-corrected chi connectivity index (χ3v) is 5.91. The molecule has 168 valence electrons. The fourth-order valence-electron chi connectivity index (χ4n) is 4.45. The summed E-state index contributed by atoms with van der Waals surface area (Å²) in [5, 5.41) is 5.93. The number of hydrogen-bond donors (Lipinski definition) is 2. The molecule has 3 unspecified atom stereocenters. The number of morpholine rings is 1. The fourth-order valence-corrected chi connectivity index (χ4v) is 4.45. The number of likely N-dealkylation sites (tertiary alicyclic amines) is 1. The van der Waals surface area contributed by atoms with Crippen LogP contribution >= 0.6 is 0 Å². The van der Waals surface area contributed by atoms with Gasteiger partial charge in [-0.1, -0.05) is 6.07 Å². The second kappa shape index (κ2) is 10.2. The van der Waals surface area contributed by atoms with E-state index < -0.39 is 0 Å². The molecule has 0 saturated carbocycles. The number of hydrogen-bond acceptors (Lipinski definition) is 6. The molecule has 3 atom stereocenters. The van der Waals surface area contributed by atoms with E-state index in [1.54, 1.807) is 6.26 Å². The number of ether oxygens (including phenoxy) is 1. The zero-order chi connectivity index (χ0) is 21.6. The van der Waals surface area contributed by atoms with Crippen LogP contribution < -0.4 is 15.5 Å². The molecule has 2 aromatic rings. The molecule has 2 amide bonds. The average molecular weight is 428 g/mol. The Morgan fingerprint density at radius 2 is 1.94 bits per heavy atom. The third-order valence-electron chi connectivity index (χ3n) is 5.91. The largest absolute Gasteiger partial charge is 0.468 e. The second-order valence-corrected chi connectivity index (χ2v) is 8.52. The molecule has 2 aliphatic heterocycles. The number of urea groups is 1. The molecule has 2 N–H and O–H groups in total. The van der Waals surface area contributed by atoms with E-state index in [4.69, 9.17) is 9.15 Å². The number of rotatable bonds is 7. The summed E-state index contributed by atoms with van der Waals surface area (Å²) in [6.45, 7) is 8.87. The fraction of sp³-hybridized carbons (Fsp3) is 0.565. The van der Waals surface area contributed by atoms with E-state index in [2.05, 4.69) is 39.3 Å². The van der Waals surface area contributed by atoms with Crippen molar-refractivity contribution in [2.24, 2.45) is 0 Å². The Labute approximate surface area is 183 Å². The molecule has 0 spiro atoms. The molecule has 2 saturated heterocycles. The van der Waals surface area contributed by atoms with Crippen LogP contribution in [0.4, 0.5) is 10.6 Å². The number of pyridine rings is 1. The summed E-state index contributed by atoms with van der Waals surface area (Å²) in [7, 11) is 0. The minimum atomic E-state index is -0.185. The number of carbonyl (C=O) groups is 1. The normalized spacial score (nSPS) is 23.0. The number of nitrogens with one attached hydrogen (secondary N) is 2. The van der Waals surface area contributed by atoms with E-state index in [9.17, 15) is 4.79 Å². The third kappa shape index (κ3) is 5.77. The summed E-state index contributed by atoms with van der Waals surface area (Å²) in [6, 6.07) is 7.79. The highest BCUT2D eigenvalue weighted by molar-refractivity contribution is 5.73. The highest BCUT2D eigenvalue weighted by Gasteiger charge is 2.26. The Kier molecular flexibility index (Phi) is 7.09. The van der Waals surface area contributed by atoms with Gasteiger partial charge in [0.2, 0.25) is 0 Å². The Morgan fingerprint density at radius 1 is 1.16 bits per heavy atom. The smallest absolute Gasteiger partial charge is 0.315 e. The Bertz CT molecular complexity index is 810. The topological polar surface area (TPSA) is 82.9 Å². The lowest BCUT2D eigenvalue weighted by molar-refractivity contribution is -0.00546. The molecule has 8 heteroatoms. The van der Waals surface area contributed by atoms with Crippen molar-refractivity contribution in [1.29, 1.82) is 0 Å². The molecule has 2 aliphatic rings. The minimum absolute atomic E-state index is 0.0718. The van der Waals surface area contributed by atoms with Crippen LogP contribution in [0, 0.1) is 0 Å². The quantitative estimate of drug-likeness (QED) is 0.707. The maximum Gasteiger partial charge on any atom is 0.315 e. The Morgan fingerprint density at radius 3 is 2.58 bits per heavy atom. The van der Waals surface area contributed by atoms with Gasteiger partial charge in [-0.15, -0.1) is 0 Å². The van der Waals surface area contributed by atoms with Crippen LogP contribution in [0.5, 0.6) is 0 Å². The predicted octanol–water partition coefficient (Wildman–Crippen LogP) is 2.92. The first-order valence-corrected chi connectivity index (χ1v) is 11.2. The lowest BCUT2D eigenvalue weighted by atomic mass is 10.2. The Hall–Kier alpha value is -2.58. The maximum absolute atomic E-state index is 12.4. The van der Waals surface area contributed by atoms with Crippen molar-refractivity contribution in [2.75, 3.05) is 37.6 Å². The molecular weight excluding hydrogens is 394 g/mol. The van der Waals surface area contributed by atoms with Crippen LogP contribution in [0.3, 0.4) is 0 Å². The van der Waals surface area contributed by atoms with Gasteiger partial charge in [0.1, 0.15) is 11.6 Å². The molecule has 0 radical (unpaired) electrons. The summed E-state index contributed by atoms with van der Waals surface area (Å²) >= 11 is 0. The van der Waals surface area contributed by atoms with Crippen molar-refractivity contribution < 1.29 is 13.9 Å². The number of furan rings is 1. The molecule has 0 aliphatic carbocycles. The van der Waals surface area contributed by atoms with Crippen LogP contribution in [0.2, 0.25) is 0 Å². The van der Waals surface area contributed by atoms with Crippen LogP contribution in [0.15, 0.2) is 41.1 Å². The zero-order valence-corrected chi connectivity index (χ0v) is 18.4. The van der Waals surface area contributed by atoms with Crippen LogP contribution in [-0.2, 0) is 11.3 Å². The van der Waals surface area contributed by atoms with Gasteiger partial charge in [0.15, 0.2) is 0 Å². The molecule has 4 rings (SSSR count). The van der Waals surface area contributed by atoms with Crippen LogP contribution in [-0.4, -0.2) is 60.8 Å². The number of anilines is 1. The first-order valence-electron chi connectivity index (χ1n) is 11.2. The van der Waals surface area contributed by atoms with Crippen molar-refractivity contribution in [2.45, 2.75) is 51.5 Å². The molecule has 8 nitrogen and oxygen atoms in total. The van der Waals surface area contributed by atoms with Gasteiger partial charge >= 0.3 is 6.03 Å². The van der Waals surface area contributed by atoms with Gasteiger partial charge in [0.05, 0.1) is 24.5 Å². The summed E-state index contributed by atoms with van der Waals surface area (Å²) in [6.07, 6.45) is 6.29. The van der Waals surface area contributed by atoms with Gasteiger partial charge in [-0.05, 0) is 63.5 Å². The summed E-state index contributed by atoms with van der Waals surface area (Å²) < 4.78 is 11.4. The van der Waals surface area contributed by atoms with Crippen molar-refractivity contribution in [1.82, 2.24) is 20.5 Å². The molecule has 4 heterocycles. The molecule has 31 heavy (non-hydrogen) atoms. The van der Waals surface area contributed by atoms with Gasteiger partial charge in [-0.25, -0.2) is 9.78 Å². The van der Waals surface area contributed by atoms with Gasteiger partial charge in [0.25, 0.3) is 0 Å².